The molecule has 198 valence electrons. The molecule has 0 amide bonds. The maximum Gasteiger partial charge on any atom is 0.312 e. The van der Waals surface area contributed by atoms with Gasteiger partial charge in [0.25, 0.3) is 0 Å². The Kier molecular flexibility index (Phi) is 5.59. The van der Waals surface area contributed by atoms with E-state index in [1.807, 2.05) is 6.92 Å². The standard InChI is InChI=1S/C31H50O4/c1-19-24-20-9-10-22-27(4)13-12-23(32)26(2,3)21(27)11-14-29(22,6)28(20,5)15-17-31(24,25(33)35-8)18-16-30(19,7)34/h9,19,21-24,32,34H,10-18H2,1-8H3/t19-,21-,22-,23+,24+,27+,28-,29-,30+,31-/m1/s1. The number of esters is 1. The molecular formula is C31H50O4. The van der Waals surface area contributed by atoms with E-state index in [1.165, 1.54) is 19.1 Å². The molecule has 0 aromatic carbocycles. The van der Waals surface area contributed by atoms with Crippen molar-refractivity contribution < 1.29 is 19.7 Å². The first-order valence-corrected chi connectivity index (χ1v) is 14.3. The fraction of sp³-hybridized carbons (Fsp3) is 0.903. The van der Waals surface area contributed by atoms with E-state index in [1.54, 1.807) is 0 Å². The lowest BCUT2D eigenvalue weighted by Crippen LogP contribution is -2.66. The topological polar surface area (TPSA) is 66.8 Å². The summed E-state index contributed by atoms with van der Waals surface area (Å²) in [5, 5.41) is 22.3. The van der Waals surface area contributed by atoms with E-state index in [0.717, 1.165) is 38.5 Å². The number of fused-ring (bicyclic) bond motifs is 7. The Morgan fingerprint density at radius 1 is 0.943 bits per heavy atom. The molecule has 35 heavy (non-hydrogen) atoms. The quantitative estimate of drug-likeness (QED) is 0.337. The number of aliphatic hydroxyl groups excluding tert-OH is 1. The summed E-state index contributed by atoms with van der Waals surface area (Å²) in [4.78, 5) is 13.4. The Hall–Kier alpha value is -0.870. The third-order valence-corrected chi connectivity index (χ3v) is 13.6. The number of hydrogen-bond acceptors (Lipinski definition) is 4. The molecule has 0 aromatic rings. The Morgan fingerprint density at radius 2 is 1.60 bits per heavy atom. The summed E-state index contributed by atoms with van der Waals surface area (Å²) in [5.74, 6) is 1.07. The Bertz CT molecular complexity index is 934. The van der Waals surface area contributed by atoms with Crippen LogP contribution in [0.5, 0.6) is 0 Å². The maximum absolute atomic E-state index is 13.4. The molecule has 2 N–H and O–H groups in total. The monoisotopic (exact) mass is 486 g/mol. The third-order valence-electron chi connectivity index (χ3n) is 13.6. The van der Waals surface area contributed by atoms with Crippen molar-refractivity contribution in [3.05, 3.63) is 11.6 Å². The SMILES string of the molecule is COC(=O)[C@]12CC[C@](C)(O)[C@H](C)[C@H]1C1=CC[C@@H]3[C@@]4(C)CC[C@H](O)C(C)(C)[C@H]4CC[C@@]3(C)[C@]1(C)CC2. The van der Waals surface area contributed by atoms with Gasteiger partial charge in [-0.15, -0.1) is 0 Å². The molecule has 4 fully saturated rings. The molecule has 0 heterocycles. The van der Waals surface area contributed by atoms with Crippen molar-refractivity contribution in [2.75, 3.05) is 7.11 Å². The summed E-state index contributed by atoms with van der Waals surface area (Å²) in [6.07, 6.45) is 10.9. The number of carbonyl (C=O) groups is 1. The lowest BCUT2D eigenvalue weighted by Gasteiger charge is -2.71. The van der Waals surface area contributed by atoms with Gasteiger partial charge in [-0.25, -0.2) is 0 Å². The van der Waals surface area contributed by atoms with Crippen LogP contribution in [0, 0.1) is 50.7 Å². The summed E-state index contributed by atoms with van der Waals surface area (Å²) in [6.45, 7) is 16.3. The second kappa shape index (κ2) is 7.59. The fourth-order valence-electron chi connectivity index (χ4n) is 11.0. The van der Waals surface area contributed by atoms with Gasteiger partial charge >= 0.3 is 5.97 Å². The normalized spacial score (nSPS) is 54.9. The van der Waals surface area contributed by atoms with Gasteiger partial charge in [0.2, 0.25) is 0 Å². The molecule has 5 aliphatic carbocycles. The number of methoxy groups -OCH3 is 1. The van der Waals surface area contributed by atoms with Gasteiger partial charge in [-0.3, -0.25) is 4.79 Å². The molecule has 4 saturated carbocycles. The average molecular weight is 487 g/mol. The van der Waals surface area contributed by atoms with Crippen molar-refractivity contribution in [1.29, 1.82) is 0 Å². The van der Waals surface area contributed by atoms with Crippen LogP contribution in [0.4, 0.5) is 0 Å². The molecule has 4 heteroatoms. The molecule has 0 aromatic heterocycles. The second-order valence-corrected chi connectivity index (χ2v) is 14.9. The zero-order chi connectivity index (χ0) is 25.8. The first kappa shape index (κ1) is 25.8. The van der Waals surface area contributed by atoms with E-state index in [2.05, 4.69) is 47.6 Å². The largest absolute Gasteiger partial charge is 0.469 e. The number of rotatable bonds is 1. The Morgan fingerprint density at radius 3 is 2.26 bits per heavy atom. The first-order valence-electron chi connectivity index (χ1n) is 14.3. The van der Waals surface area contributed by atoms with Crippen LogP contribution in [0.2, 0.25) is 0 Å². The third kappa shape index (κ3) is 3.02. The van der Waals surface area contributed by atoms with Crippen LogP contribution < -0.4 is 0 Å². The summed E-state index contributed by atoms with van der Waals surface area (Å²) < 4.78 is 5.46. The van der Waals surface area contributed by atoms with Crippen molar-refractivity contribution in [2.24, 2.45) is 50.7 Å². The molecule has 0 saturated heterocycles. The lowest BCUT2D eigenvalue weighted by atomic mass is 9.33. The predicted octanol–water partition coefficient (Wildman–Crippen LogP) is 6.29. The number of ether oxygens (including phenoxy) is 1. The van der Waals surface area contributed by atoms with Crippen LogP contribution >= 0.6 is 0 Å². The predicted molar refractivity (Wildman–Crippen MR) is 138 cm³/mol. The van der Waals surface area contributed by atoms with Gasteiger partial charge in [-0.2, -0.15) is 0 Å². The van der Waals surface area contributed by atoms with Crippen LogP contribution in [-0.4, -0.2) is 35.0 Å². The molecule has 0 unspecified atom stereocenters. The molecule has 0 bridgehead atoms. The molecule has 5 aliphatic rings. The molecular weight excluding hydrogens is 436 g/mol. The average Bonchev–Trinajstić information content (AvgIpc) is 2.79. The lowest BCUT2D eigenvalue weighted by molar-refractivity contribution is -0.212. The number of hydrogen-bond donors (Lipinski definition) is 2. The van der Waals surface area contributed by atoms with Gasteiger partial charge in [0.1, 0.15) is 0 Å². The molecule has 0 aliphatic heterocycles. The zero-order valence-corrected chi connectivity index (χ0v) is 23.5. The minimum Gasteiger partial charge on any atom is -0.469 e. The van der Waals surface area contributed by atoms with Gasteiger partial charge in [-0.05, 0) is 104 Å². The van der Waals surface area contributed by atoms with E-state index >= 15 is 0 Å². The van der Waals surface area contributed by atoms with Crippen molar-refractivity contribution >= 4 is 5.97 Å². The Labute approximate surface area is 213 Å². The first-order chi connectivity index (χ1) is 16.1. The van der Waals surface area contributed by atoms with E-state index in [-0.39, 0.29) is 45.6 Å². The van der Waals surface area contributed by atoms with Gasteiger partial charge in [0.05, 0.1) is 24.2 Å². The van der Waals surface area contributed by atoms with Crippen molar-refractivity contribution in [2.45, 2.75) is 118 Å². The van der Waals surface area contributed by atoms with Gasteiger partial charge < -0.3 is 14.9 Å². The summed E-state index contributed by atoms with van der Waals surface area (Å²) in [7, 11) is 1.54. The van der Waals surface area contributed by atoms with Gasteiger partial charge in [0, 0.05) is 5.92 Å². The van der Waals surface area contributed by atoms with Crippen molar-refractivity contribution in [3.8, 4) is 0 Å². The highest BCUT2D eigenvalue weighted by molar-refractivity contribution is 5.78. The molecule has 0 radical (unpaired) electrons. The minimum absolute atomic E-state index is 0.00791. The summed E-state index contributed by atoms with van der Waals surface area (Å²) in [5.41, 5.74) is 0.469. The molecule has 0 spiro atoms. The highest BCUT2D eigenvalue weighted by Gasteiger charge is 2.70. The highest BCUT2D eigenvalue weighted by atomic mass is 16.5. The van der Waals surface area contributed by atoms with E-state index in [9.17, 15) is 15.0 Å². The summed E-state index contributed by atoms with van der Waals surface area (Å²) >= 11 is 0. The molecule has 5 rings (SSSR count). The maximum atomic E-state index is 13.4. The second-order valence-electron chi connectivity index (χ2n) is 14.9. The zero-order valence-electron chi connectivity index (χ0n) is 23.5. The van der Waals surface area contributed by atoms with Crippen LogP contribution in [0.15, 0.2) is 11.6 Å². The number of allylic oxidation sites excluding steroid dienone is 2. The molecule has 10 atom stereocenters. The number of carbonyl (C=O) groups excluding carboxylic acids is 1. The minimum atomic E-state index is -0.772. The van der Waals surface area contributed by atoms with Crippen LogP contribution in [0.1, 0.15) is 106 Å². The highest BCUT2D eigenvalue weighted by Crippen LogP contribution is 2.76. The Balaban J connectivity index is 1.63. The van der Waals surface area contributed by atoms with Gasteiger partial charge in [-0.1, -0.05) is 53.2 Å². The smallest absolute Gasteiger partial charge is 0.312 e. The van der Waals surface area contributed by atoms with Crippen LogP contribution in [0.25, 0.3) is 0 Å². The number of aliphatic hydroxyl groups is 2. The van der Waals surface area contributed by atoms with Crippen LogP contribution in [-0.2, 0) is 9.53 Å². The van der Waals surface area contributed by atoms with E-state index < -0.39 is 11.0 Å². The fourth-order valence-corrected chi connectivity index (χ4v) is 11.0. The molecule has 4 nitrogen and oxygen atoms in total. The van der Waals surface area contributed by atoms with Crippen LogP contribution in [0.3, 0.4) is 0 Å². The van der Waals surface area contributed by atoms with Crippen molar-refractivity contribution in [3.63, 3.8) is 0 Å². The van der Waals surface area contributed by atoms with Gasteiger partial charge in [0.15, 0.2) is 0 Å². The van der Waals surface area contributed by atoms with E-state index in [4.69, 9.17) is 4.74 Å². The summed E-state index contributed by atoms with van der Waals surface area (Å²) in [6, 6.07) is 0. The van der Waals surface area contributed by atoms with E-state index in [0.29, 0.717) is 24.7 Å². The van der Waals surface area contributed by atoms with Crippen molar-refractivity contribution in [1.82, 2.24) is 0 Å².